The number of fused-ring (bicyclic) bond motifs is 3. The normalized spacial score (nSPS) is 21.7. The smallest absolute Gasteiger partial charge is 0.407 e. The van der Waals surface area contributed by atoms with Gasteiger partial charge in [0.25, 0.3) is 0 Å². The summed E-state index contributed by atoms with van der Waals surface area (Å²) in [5, 5.41) is 19.5. The number of hydrogen-bond donors (Lipinski definition) is 5. The molecule has 2 bridgehead atoms. The molecule has 5 N–H and O–H groups in total. The number of aliphatic hydroxyl groups is 1. The average molecular weight is 817 g/mol. The number of H-pyrrole nitrogens is 2. The standard InChI is InChI=1S/C46H56N8O6/c1-25(2)38(51-45(57)59-5)43(55)53-19-7-8-37(53)41-47-24-36(49-41)32-16-15-30-20-29(13-14-31(30)21-32)27-9-11-28(12-10-27)35-23-48-42(50-35)40-33-17-18-34(22-33)54(40)44(56)39(26(3)4)52-46(58)60-6/h9-16,20-21,23-26,33-34,37-40,44,56H,7-8,17-19,22H2,1-6H3,(H,47,49)(H,48,50)(H,51,57)(H,52,58)/t33-,34+,37+,38+,39+,40?,44?/m1/s1. The number of benzene rings is 3. The molecule has 60 heavy (non-hydrogen) atoms. The minimum atomic E-state index is -0.876. The quantitative estimate of drug-likeness (QED) is 0.0851. The molecule has 14 heteroatoms. The van der Waals surface area contributed by atoms with Crippen LogP contribution in [-0.2, 0) is 14.3 Å². The number of likely N-dealkylation sites (tertiary alicyclic amines) is 2. The molecular formula is C46H56N8O6. The van der Waals surface area contributed by atoms with Crippen molar-refractivity contribution in [2.45, 2.75) is 96.2 Å². The van der Waals surface area contributed by atoms with E-state index in [1.807, 2.05) is 45.0 Å². The largest absolute Gasteiger partial charge is 0.453 e. The van der Waals surface area contributed by atoms with Gasteiger partial charge in [0.1, 0.15) is 23.9 Å². The second-order valence-corrected chi connectivity index (χ2v) is 17.2. The van der Waals surface area contributed by atoms with Crippen LogP contribution in [0.3, 0.4) is 0 Å². The summed E-state index contributed by atoms with van der Waals surface area (Å²) >= 11 is 0. The summed E-state index contributed by atoms with van der Waals surface area (Å²) in [6, 6.07) is 20.1. The van der Waals surface area contributed by atoms with Gasteiger partial charge >= 0.3 is 12.2 Å². The zero-order valence-electron chi connectivity index (χ0n) is 35.1. The van der Waals surface area contributed by atoms with Crippen LogP contribution in [0.5, 0.6) is 0 Å². The molecule has 5 aromatic rings. The first-order valence-electron chi connectivity index (χ1n) is 21.1. The second kappa shape index (κ2) is 17.1. The maximum absolute atomic E-state index is 13.6. The molecular weight excluding hydrogens is 761 g/mol. The Bertz CT molecular complexity index is 2340. The molecule has 1 saturated carbocycles. The molecule has 2 unspecified atom stereocenters. The van der Waals surface area contributed by atoms with E-state index in [0.29, 0.717) is 12.5 Å². The number of methoxy groups -OCH3 is 2. The van der Waals surface area contributed by atoms with Gasteiger partial charge in [-0.1, -0.05) is 76.2 Å². The van der Waals surface area contributed by atoms with Crippen LogP contribution in [0.2, 0.25) is 0 Å². The van der Waals surface area contributed by atoms with Gasteiger partial charge in [-0.25, -0.2) is 19.6 Å². The molecule has 0 spiro atoms. The molecule has 3 aliphatic rings. The number of ether oxygens (including phenoxy) is 2. The Morgan fingerprint density at radius 1 is 0.750 bits per heavy atom. The van der Waals surface area contributed by atoms with Gasteiger partial charge in [0.2, 0.25) is 5.91 Å². The SMILES string of the molecule is COC(=O)N[C@@H](C(C)C)C(O)N1C(c2ncc(-c3ccc(-c4ccc5cc(-c6cnc([C@@H]7CCCN7C(=O)[C@@H](NC(=O)OC)C(C)C)[nH]6)ccc5c4)cc3)[nH]2)[C@@H]2CC[C@H]1C2. The Morgan fingerprint density at radius 3 is 2.03 bits per heavy atom. The van der Waals surface area contributed by atoms with Crippen molar-refractivity contribution in [2.24, 2.45) is 17.8 Å². The predicted molar refractivity (Wildman–Crippen MR) is 228 cm³/mol. The summed E-state index contributed by atoms with van der Waals surface area (Å²) in [5.41, 5.74) is 6.02. The maximum atomic E-state index is 13.6. The summed E-state index contributed by atoms with van der Waals surface area (Å²) in [6.07, 6.45) is 6.39. The third kappa shape index (κ3) is 7.97. The van der Waals surface area contributed by atoms with Gasteiger partial charge in [-0.05, 0) is 89.5 Å². The summed E-state index contributed by atoms with van der Waals surface area (Å²) in [7, 11) is 2.63. The van der Waals surface area contributed by atoms with Crippen molar-refractivity contribution in [2.75, 3.05) is 20.8 Å². The van der Waals surface area contributed by atoms with E-state index in [9.17, 15) is 19.5 Å². The van der Waals surface area contributed by atoms with Crippen molar-refractivity contribution >= 4 is 28.9 Å². The molecule has 316 valence electrons. The Labute approximate surface area is 350 Å². The van der Waals surface area contributed by atoms with E-state index in [2.05, 4.69) is 86.2 Å². The van der Waals surface area contributed by atoms with Gasteiger partial charge in [-0.15, -0.1) is 0 Å². The van der Waals surface area contributed by atoms with Gasteiger partial charge in [-0.3, -0.25) is 9.69 Å². The number of hydrogen-bond acceptors (Lipinski definition) is 9. The van der Waals surface area contributed by atoms with Gasteiger partial charge < -0.3 is 40.1 Å². The number of aliphatic hydroxyl groups excluding tert-OH is 1. The number of amides is 3. The van der Waals surface area contributed by atoms with E-state index in [1.165, 1.54) is 14.2 Å². The van der Waals surface area contributed by atoms with E-state index >= 15 is 0 Å². The lowest BCUT2D eigenvalue weighted by Crippen LogP contribution is -2.56. The molecule has 2 aliphatic heterocycles. The minimum Gasteiger partial charge on any atom is -0.453 e. The zero-order chi connectivity index (χ0) is 42.2. The van der Waals surface area contributed by atoms with Gasteiger partial charge in [0.15, 0.2) is 0 Å². The molecule has 3 aromatic carbocycles. The molecule has 3 amide bonds. The average Bonchev–Trinajstić information content (AvgIpc) is 4.12. The highest BCUT2D eigenvalue weighted by Gasteiger charge is 2.52. The molecule has 7 atom stereocenters. The fourth-order valence-corrected chi connectivity index (χ4v) is 9.64. The lowest BCUT2D eigenvalue weighted by Gasteiger charge is -2.41. The van der Waals surface area contributed by atoms with Crippen molar-refractivity contribution in [1.29, 1.82) is 0 Å². The zero-order valence-corrected chi connectivity index (χ0v) is 35.1. The highest BCUT2D eigenvalue weighted by Crippen LogP contribution is 2.51. The third-order valence-corrected chi connectivity index (χ3v) is 12.8. The van der Waals surface area contributed by atoms with Crippen molar-refractivity contribution < 1.29 is 29.0 Å². The van der Waals surface area contributed by atoms with Crippen molar-refractivity contribution in [3.63, 3.8) is 0 Å². The number of aromatic nitrogens is 4. The van der Waals surface area contributed by atoms with Crippen LogP contribution in [0.1, 0.15) is 83.5 Å². The topological polar surface area (TPSA) is 178 Å². The van der Waals surface area contributed by atoms with E-state index in [4.69, 9.17) is 19.4 Å². The van der Waals surface area contributed by atoms with Crippen LogP contribution in [-0.4, -0.2) is 98.1 Å². The number of nitrogens with zero attached hydrogens (tertiary/aromatic N) is 4. The number of carbonyl (C=O) groups is 3. The van der Waals surface area contributed by atoms with Crippen LogP contribution in [0.15, 0.2) is 73.1 Å². The second-order valence-electron chi connectivity index (χ2n) is 17.2. The highest BCUT2D eigenvalue weighted by molar-refractivity contribution is 5.91. The fourth-order valence-electron chi connectivity index (χ4n) is 9.64. The molecule has 4 heterocycles. The molecule has 2 aromatic heterocycles. The number of rotatable bonds is 12. The summed E-state index contributed by atoms with van der Waals surface area (Å²) in [5.74, 6) is 1.71. The Kier molecular flexibility index (Phi) is 11.7. The molecule has 0 radical (unpaired) electrons. The van der Waals surface area contributed by atoms with E-state index in [1.54, 1.807) is 0 Å². The number of imidazole rings is 2. The Balaban J connectivity index is 0.953. The van der Waals surface area contributed by atoms with Crippen molar-refractivity contribution in [3.8, 4) is 33.6 Å². The summed E-state index contributed by atoms with van der Waals surface area (Å²) < 4.78 is 9.64. The number of carbonyl (C=O) groups excluding carboxylic acids is 3. The molecule has 8 rings (SSSR count). The van der Waals surface area contributed by atoms with Crippen LogP contribution >= 0.6 is 0 Å². The first-order valence-corrected chi connectivity index (χ1v) is 21.1. The third-order valence-electron chi connectivity index (χ3n) is 12.8. The number of nitrogens with one attached hydrogen (secondary N) is 4. The van der Waals surface area contributed by atoms with Crippen LogP contribution in [0.4, 0.5) is 9.59 Å². The minimum absolute atomic E-state index is 0.00120. The van der Waals surface area contributed by atoms with Gasteiger partial charge in [-0.2, -0.15) is 0 Å². The lowest BCUT2D eigenvalue weighted by molar-refractivity contribution is -0.135. The van der Waals surface area contributed by atoms with Crippen molar-refractivity contribution in [3.05, 3.63) is 84.7 Å². The fraction of sp³-hybridized carbons (Fsp3) is 0.457. The summed E-state index contributed by atoms with van der Waals surface area (Å²) in [4.78, 5) is 58.4. The molecule has 1 aliphatic carbocycles. The Morgan fingerprint density at radius 2 is 1.35 bits per heavy atom. The highest BCUT2D eigenvalue weighted by atomic mass is 16.5. The van der Waals surface area contributed by atoms with Crippen LogP contribution in [0.25, 0.3) is 44.4 Å². The summed E-state index contributed by atoms with van der Waals surface area (Å²) in [6.45, 7) is 8.39. The van der Waals surface area contributed by atoms with E-state index in [-0.39, 0.29) is 35.9 Å². The molecule has 14 nitrogen and oxygen atoms in total. The van der Waals surface area contributed by atoms with E-state index in [0.717, 1.165) is 88.2 Å². The lowest BCUT2D eigenvalue weighted by atomic mass is 9.95. The Hall–Kier alpha value is -5.73. The predicted octanol–water partition coefficient (Wildman–Crippen LogP) is 7.56. The number of piperidine rings is 1. The molecule has 3 fully saturated rings. The first-order chi connectivity index (χ1) is 28.9. The van der Waals surface area contributed by atoms with Crippen LogP contribution < -0.4 is 10.6 Å². The van der Waals surface area contributed by atoms with Gasteiger partial charge in [0, 0.05) is 18.2 Å². The number of alkyl carbamates (subject to hydrolysis) is 2. The monoisotopic (exact) mass is 816 g/mol. The molecule has 2 saturated heterocycles. The number of aromatic amines is 2. The maximum Gasteiger partial charge on any atom is 0.407 e. The first kappa shape index (κ1) is 41.0. The van der Waals surface area contributed by atoms with Crippen molar-refractivity contribution in [1.82, 2.24) is 40.4 Å². The van der Waals surface area contributed by atoms with Gasteiger partial charge in [0.05, 0.1) is 56.1 Å². The van der Waals surface area contributed by atoms with E-state index < -0.39 is 30.5 Å². The van der Waals surface area contributed by atoms with Crippen LogP contribution in [0, 0.1) is 17.8 Å².